The summed E-state index contributed by atoms with van der Waals surface area (Å²) in [4.78, 5) is 30.0. The van der Waals surface area contributed by atoms with Gasteiger partial charge >= 0.3 is 0 Å². The van der Waals surface area contributed by atoms with E-state index in [-0.39, 0.29) is 24.3 Å². The first-order chi connectivity index (χ1) is 14.4. The largest absolute Gasteiger partial charge is 0.351 e. The molecule has 158 valence electrons. The second kappa shape index (κ2) is 8.65. The maximum Gasteiger partial charge on any atom is 0.254 e. The molecule has 7 nitrogen and oxygen atoms in total. The third-order valence-corrected chi connectivity index (χ3v) is 7.00. The fraction of sp³-hybridized carbons (Fsp3) is 0.455. The number of nitrogens with one attached hydrogen (secondary N) is 2. The van der Waals surface area contributed by atoms with E-state index in [1.165, 1.54) is 0 Å². The van der Waals surface area contributed by atoms with Crippen LogP contribution in [-0.4, -0.2) is 46.9 Å². The fourth-order valence-electron chi connectivity index (χ4n) is 4.10. The van der Waals surface area contributed by atoms with Gasteiger partial charge in [0.2, 0.25) is 0 Å². The summed E-state index contributed by atoms with van der Waals surface area (Å²) < 4.78 is 2.06. The number of aliphatic imine (C=N–C) groups is 1. The Bertz CT molecular complexity index is 1030. The Morgan fingerprint density at radius 1 is 1.30 bits per heavy atom. The molecule has 0 bridgehead atoms. The Balaban J connectivity index is 1.44. The summed E-state index contributed by atoms with van der Waals surface area (Å²) in [6.45, 7) is 7.97. The van der Waals surface area contributed by atoms with Crippen LogP contribution in [0.4, 0.5) is 0 Å². The number of dihydropyridines is 1. The van der Waals surface area contributed by atoms with Crippen molar-refractivity contribution >= 4 is 28.9 Å². The highest BCUT2D eigenvalue weighted by Crippen LogP contribution is 2.33. The van der Waals surface area contributed by atoms with Crippen LogP contribution in [0.3, 0.4) is 0 Å². The van der Waals surface area contributed by atoms with Gasteiger partial charge in [-0.15, -0.1) is 11.3 Å². The topological polar surface area (TPSA) is 88.4 Å². The molecule has 30 heavy (non-hydrogen) atoms. The Labute approximate surface area is 180 Å². The average molecular weight is 426 g/mol. The lowest BCUT2D eigenvalue weighted by Crippen LogP contribution is -2.34. The number of hydrogen-bond donors (Lipinski definition) is 2. The van der Waals surface area contributed by atoms with E-state index in [9.17, 15) is 9.59 Å². The van der Waals surface area contributed by atoms with Crippen molar-refractivity contribution in [2.45, 2.75) is 39.7 Å². The molecule has 0 aromatic carbocycles. The molecule has 2 N–H and O–H groups in total. The Kier molecular flexibility index (Phi) is 5.97. The molecule has 4 rings (SSSR count). The first kappa shape index (κ1) is 20.7. The molecule has 1 atom stereocenters. The van der Waals surface area contributed by atoms with Gasteiger partial charge in [-0.1, -0.05) is 5.57 Å². The van der Waals surface area contributed by atoms with Crippen LogP contribution in [0.15, 0.2) is 34.4 Å². The summed E-state index contributed by atoms with van der Waals surface area (Å²) in [5.74, 6) is -0.743. The minimum absolute atomic E-state index is 0.160. The molecular formula is C22H27N5O2S. The van der Waals surface area contributed by atoms with E-state index in [4.69, 9.17) is 0 Å². The lowest BCUT2D eigenvalue weighted by atomic mass is 9.95. The molecule has 1 fully saturated rings. The zero-order valence-electron chi connectivity index (χ0n) is 17.6. The van der Waals surface area contributed by atoms with Crippen LogP contribution in [0.5, 0.6) is 0 Å². The summed E-state index contributed by atoms with van der Waals surface area (Å²) in [6, 6.07) is 0.429. The summed E-state index contributed by atoms with van der Waals surface area (Å²) >= 11 is 1.55. The van der Waals surface area contributed by atoms with Crippen LogP contribution in [-0.2, 0) is 4.79 Å². The minimum Gasteiger partial charge on any atom is -0.351 e. The number of thiophene rings is 1. The van der Waals surface area contributed by atoms with Crippen molar-refractivity contribution in [3.63, 3.8) is 0 Å². The number of piperidine rings is 1. The molecule has 1 saturated heterocycles. The van der Waals surface area contributed by atoms with Gasteiger partial charge in [-0.25, -0.2) is 4.99 Å². The van der Waals surface area contributed by atoms with Gasteiger partial charge < -0.3 is 10.6 Å². The molecule has 2 amide bonds. The molecule has 1 unspecified atom stereocenters. The van der Waals surface area contributed by atoms with Crippen LogP contribution in [0.25, 0.3) is 10.4 Å². The van der Waals surface area contributed by atoms with Gasteiger partial charge in [-0.2, -0.15) is 5.10 Å². The average Bonchev–Trinajstić information content (AvgIpc) is 3.34. The van der Waals surface area contributed by atoms with Crippen molar-refractivity contribution in [1.82, 2.24) is 20.4 Å². The molecular weight excluding hydrogens is 398 g/mol. The number of carbonyl (C=O) groups excluding carboxylic acids is 2. The lowest BCUT2D eigenvalue weighted by Gasteiger charge is -2.22. The fourth-order valence-corrected chi connectivity index (χ4v) is 5.15. The standard InChI is InChI=1S/C22H27N5O2S/c1-13-8-14(2)26-22(29)18(13)10-24-21(28)19-12-30-20(15(19)3)16-9-25-27(11-16)17-4-6-23-7-5-17/h8-9,11-12,17-18,23H,4-7,10H2,1-3H3,(H,24,28). The highest BCUT2D eigenvalue weighted by Gasteiger charge is 2.25. The number of nitrogens with zero attached hydrogens (tertiary/aromatic N) is 3. The second-order valence-electron chi connectivity index (χ2n) is 8.04. The Morgan fingerprint density at radius 3 is 2.80 bits per heavy atom. The SMILES string of the molecule is CC1=CC(C)=NC(=O)C1CNC(=O)c1csc(-c2cnn(C3CCNCC3)c2)c1C. The van der Waals surface area contributed by atoms with Gasteiger partial charge in [0.05, 0.1) is 23.7 Å². The van der Waals surface area contributed by atoms with Crippen LogP contribution < -0.4 is 10.6 Å². The smallest absolute Gasteiger partial charge is 0.254 e. The van der Waals surface area contributed by atoms with E-state index in [1.54, 1.807) is 18.3 Å². The molecule has 0 spiro atoms. The normalized spacial score (nSPS) is 20.1. The van der Waals surface area contributed by atoms with Crippen molar-refractivity contribution < 1.29 is 9.59 Å². The van der Waals surface area contributed by atoms with E-state index in [1.807, 2.05) is 31.5 Å². The third-order valence-electron chi connectivity index (χ3n) is 5.87. The van der Waals surface area contributed by atoms with Gasteiger partial charge in [0.1, 0.15) is 0 Å². The number of allylic oxidation sites excluding steroid dienone is 1. The molecule has 2 aromatic rings. The maximum atomic E-state index is 12.8. The summed E-state index contributed by atoms with van der Waals surface area (Å²) in [5.41, 5.74) is 4.28. The maximum absolute atomic E-state index is 12.8. The van der Waals surface area contributed by atoms with Gasteiger partial charge in [-0.3, -0.25) is 14.3 Å². The minimum atomic E-state index is -0.390. The number of aromatic nitrogens is 2. The second-order valence-corrected chi connectivity index (χ2v) is 8.92. The number of carbonyl (C=O) groups is 2. The van der Waals surface area contributed by atoms with E-state index < -0.39 is 0 Å². The summed E-state index contributed by atoms with van der Waals surface area (Å²) in [5, 5.41) is 12.7. The van der Waals surface area contributed by atoms with Crippen LogP contribution in [0.1, 0.15) is 48.7 Å². The van der Waals surface area contributed by atoms with Gasteiger partial charge in [0.25, 0.3) is 11.8 Å². The van der Waals surface area contributed by atoms with Crippen molar-refractivity contribution in [2.75, 3.05) is 19.6 Å². The van der Waals surface area contributed by atoms with Gasteiger partial charge in [-0.05, 0) is 58.3 Å². The first-order valence-electron chi connectivity index (χ1n) is 10.3. The molecule has 8 heteroatoms. The third kappa shape index (κ3) is 4.15. The van der Waals surface area contributed by atoms with Crippen LogP contribution >= 0.6 is 11.3 Å². The van der Waals surface area contributed by atoms with Crippen molar-refractivity contribution in [2.24, 2.45) is 10.9 Å². The van der Waals surface area contributed by atoms with E-state index in [0.717, 1.165) is 47.5 Å². The molecule has 0 radical (unpaired) electrons. The van der Waals surface area contributed by atoms with E-state index in [2.05, 4.69) is 31.6 Å². The Morgan fingerprint density at radius 2 is 2.07 bits per heavy atom. The summed E-state index contributed by atoms with van der Waals surface area (Å²) in [6.07, 6.45) is 8.03. The first-order valence-corrected chi connectivity index (χ1v) is 11.2. The summed E-state index contributed by atoms with van der Waals surface area (Å²) in [7, 11) is 0. The molecule has 2 aliphatic heterocycles. The van der Waals surface area contributed by atoms with Crippen molar-refractivity contribution in [3.8, 4) is 10.4 Å². The monoisotopic (exact) mass is 425 g/mol. The highest BCUT2D eigenvalue weighted by molar-refractivity contribution is 7.14. The Hall–Kier alpha value is -2.58. The predicted molar refractivity (Wildman–Crippen MR) is 119 cm³/mol. The quantitative estimate of drug-likeness (QED) is 0.770. The van der Waals surface area contributed by atoms with Crippen LogP contribution in [0.2, 0.25) is 0 Å². The number of amides is 2. The number of hydrogen-bond acceptors (Lipinski definition) is 5. The van der Waals surface area contributed by atoms with E-state index in [0.29, 0.717) is 17.3 Å². The molecule has 2 aliphatic rings. The lowest BCUT2D eigenvalue weighted by molar-refractivity contribution is -0.120. The van der Waals surface area contributed by atoms with E-state index >= 15 is 0 Å². The predicted octanol–water partition coefficient (Wildman–Crippen LogP) is 3.14. The number of rotatable bonds is 5. The highest BCUT2D eigenvalue weighted by atomic mass is 32.1. The van der Waals surface area contributed by atoms with Gasteiger partial charge in [0, 0.05) is 34.3 Å². The zero-order valence-corrected chi connectivity index (χ0v) is 18.4. The zero-order chi connectivity index (χ0) is 21.3. The molecule has 0 saturated carbocycles. The molecule has 2 aromatic heterocycles. The van der Waals surface area contributed by atoms with Crippen molar-refractivity contribution in [1.29, 1.82) is 0 Å². The molecule has 0 aliphatic carbocycles. The van der Waals surface area contributed by atoms with Crippen molar-refractivity contribution in [3.05, 3.63) is 40.5 Å². The molecule has 4 heterocycles. The van der Waals surface area contributed by atoms with Gasteiger partial charge in [0.15, 0.2) is 0 Å². The van der Waals surface area contributed by atoms with Crippen LogP contribution in [0, 0.1) is 12.8 Å².